The van der Waals surface area contributed by atoms with Gasteiger partial charge >= 0.3 is 5.97 Å². The van der Waals surface area contributed by atoms with E-state index < -0.39 is 23.7 Å². The summed E-state index contributed by atoms with van der Waals surface area (Å²) in [5.41, 5.74) is 5.21. The van der Waals surface area contributed by atoms with E-state index in [9.17, 15) is 9.59 Å². The molecule has 0 aliphatic rings. The lowest BCUT2D eigenvalue weighted by molar-refractivity contribution is -0.150. The van der Waals surface area contributed by atoms with Gasteiger partial charge in [0.1, 0.15) is 0 Å². The number of amides is 1. The van der Waals surface area contributed by atoms with E-state index in [2.05, 4.69) is 0 Å². The first kappa shape index (κ1) is 12.9. The van der Waals surface area contributed by atoms with Crippen LogP contribution in [0.15, 0.2) is 0 Å². The fourth-order valence-corrected chi connectivity index (χ4v) is 1.77. The van der Waals surface area contributed by atoms with E-state index in [1.165, 1.54) is 0 Å². The Bertz CT molecular complexity index is 199. The maximum absolute atomic E-state index is 11.2. The second kappa shape index (κ2) is 4.98. The van der Waals surface area contributed by atoms with Crippen LogP contribution in [0.4, 0.5) is 0 Å². The molecule has 0 aromatic carbocycles. The third kappa shape index (κ3) is 3.01. The molecule has 0 saturated carbocycles. The molecule has 4 nitrogen and oxygen atoms in total. The Morgan fingerprint density at radius 3 is 1.43 bits per heavy atom. The molecule has 0 aliphatic heterocycles. The van der Waals surface area contributed by atoms with E-state index in [1.54, 1.807) is 13.8 Å². The van der Waals surface area contributed by atoms with Crippen molar-refractivity contribution in [3.63, 3.8) is 0 Å². The number of nitrogens with two attached hydrogens (primary N) is 1. The lowest BCUT2D eigenvalue weighted by Crippen LogP contribution is -2.40. The SMILES string of the molecule is CC(C)C(C(N)=O)C(C(=O)O)C(C)C. The van der Waals surface area contributed by atoms with Gasteiger partial charge in [-0.2, -0.15) is 0 Å². The summed E-state index contributed by atoms with van der Waals surface area (Å²) in [5, 5.41) is 9.00. The quantitative estimate of drug-likeness (QED) is 0.699. The Hall–Kier alpha value is -1.06. The second-order valence-corrected chi connectivity index (χ2v) is 4.28. The summed E-state index contributed by atoms with van der Waals surface area (Å²) >= 11 is 0. The minimum atomic E-state index is -0.947. The van der Waals surface area contributed by atoms with Gasteiger partial charge < -0.3 is 10.8 Å². The largest absolute Gasteiger partial charge is 0.481 e. The molecular weight excluding hydrogens is 182 g/mol. The Morgan fingerprint density at radius 2 is 1.36 bits per heavy atom. The van der Waals surface area contributed by atoms with Crippen molar-refractivity contribution in [2.24, 2.45) is 29.4 Å². The van der Waals surface area contributed by atoms with Gasteiger partial charge in [0.05, 0.1) is 11.8 Å². The number of carbonyl (C=O) groups is 2. The highest BCUT2D eigenvalue weighted by Crippen LogP contribution is 2.27. The smallest absolute Gasteiger partial charge is 0.307 e. The van der Waals surface area contributed by atoms with Crippen LogP contribution < -0.4 is 5.73 Å². The van der Waals surface area contributed by atoms with Crippen molar-refractivity contribution in [1.82, 2.24) is 0 Å². The number of hydrogen-bond acceptors (Lipinski definition) is 2. The summed E-state index contributed by atoms with van der Waals surface area (Å²) in [4.78, 5) is 22.1. The highest BCUT2D eigenvalue weighted by atomic mass is 16.4. The topological polar surface area (TPSA) is 80.4 Å². The highest BCUT2D eigenvalue weighted by molar-refractivity contribution is 5.83. The molecule has 0 saturated heterocycles. The van der Waals surface area contributed by atoms with Crippen LogP contribution in [0.25, 0.3) is 0 Å². The average Bonchev–Trinajstić information content (AvgIpc) is 1.96. The first-order valence-electron chi connectivity index (χ1n) is 4.81. The van der Waals surface area contributed by atoms with Crippen LogP contribution in [0.2, 0.25) is 0 Å². The zero-order valence-corrected chi connectivity index (χ0v) is 9.15. The molecule has 0 radical (unpaired) electrons. The van der Waals surface area contributed by atoms with Gasteiger partial charge in [0.2, 0.25) is 5.91 Å². The number of carbonyl (C=O) groups excluding carboxylic acids is 1. The fraction of sp³-hybridized carbons (Fsp3) is 0.800. The number of primary amides is 1. The maximum Gasteiger partial charge on any atom is 0.307 e. The van der Waals surface area contributed by atoms with Crippen molar-refractivity contribution in [1.29, 1.82) is 0 Å². The van der Waals surface area contributed by atoms with Crippen molar-refractivity contribution in [2.45, 2.75) is 27.7 Å². The van der Waals surface area contributed by atoms with Gasteiger partial charge in [-0.05, 0) is 11.8 Å². The summed E-state index contributed by atoms with van der Waals surface area (Å²) < 4.78 is 0. The Kier molecular flexibility index (Phi) is 4.60. The van der Waals surface area contributed by atoms with Crippen LogP contribution in [0.5, 0.6) is 0 Å². The predicted molar refractivity (Wildman–Crippen MR) is 53.5 cm³/mol. The molecule has 0 aromatic rings. The molecule has 0 aliphatic carbocycles. The van der Waals surface area contributed by atoms with Gasteiger partial charge in [0, 0.05) is 0 Å². The maximum atomic E-state index is 11.2. The fourth-order valence-electron chi connectivity index (χ4n) is 1.77. The molecule has 3 N–H and O–H groups in total. The highest BCUT2D eigenvalue weighted by Gasteiger charge is 2.36. The molecule has 2 atom stereocenters. The van der Waals surface area contributed by atoms with Crippen LogP contribution in [0.3, 0.4) is 0 Å². The van der Waals surface area contributed by atoms with Gasteiger partial charge in [0.15, 0.2) is 0 Å². The van der Waals surface area contributed by atoms with Gasteiger partial charge in [-0.25, -0.2) is 0 Å². The predicted octanol–water partition coefficient (Wildman–Crippen LogP) is 1.10. The van der Waals surface area contributed by atoms with Gasteiger partial charge in [-0.3, -0.25) is 9.59 Å². The first-order valence-corrected chi connectivity index (χ1v) is 4.81. The number of carboxylic acids is 1. The molecule has 0 heterocycles. The average molecular weight is 201 g/mol. The number of hydrogen-bond donors (Lipinski definition) is 2. The van der Waals surface area contributed by atoms with Crippen LogP contribution in [0.1, 0.15) is 27.7 Å². The van der Waals surface area contributed by atoms with E-state index in [-0.39, 0.29) is 11.8 Å². The Labute approximate surface area is 84.5 Å². The van der Waals surface area contributed by atoms with Gasteiger partial charge in [0.25, 0.3) is 0 Å². The Morgan fingerprint density at radius 1 is 1.00 bits per heavy atom. The van der Waals surface area contributed by atoms with Crippen molar-refractivity contribution in [3.8, 4) is 0 Å². The molecule has 82 valence electrons. The van der Waals surface area contributed by atoms with Crippen molar-refractivity contribution in [3.05, 3.63) is 0 Å². The van der Waals surface area contributed by atoms with Gasteiger partial charge in [-0.1, -0.05) is 27.7 Å². The minimum absolute atomic E-state index is 0.0454. The van der Waals surface area contributed by atoms with E-state index in [0.29, 0.717) is 0 Å². The molecule has 2 unspecified atom stereocenters. The lowest BCUT2D eigenvalue weighted by atomic mass is 9.77. The Balaban J connectivity index is 4.93. The standard InChI is InChI=1S/C10H19NO3/c1-5(2)7(9(11)12)8(6(3)4)10(13)14/h5-8H,1-4H3,(H2,11,12)(H,13,14). The van der Waals surface area contributed by atoms with Crippen molar-refractivity contribution in [2.75, 3.05) is 0 Å². The molecule has 0 bridgehead atoms. The van der Waals surface area contributed by atoms with Crippen molar-refractivity contribution >= 4 is 11.9 Å². The van der Waals surface area contributed by atoms with E-state index in [0.717, 1.165) is 0 Å². The molecule has 1 amide bonds. The summed E-state index contributed by atoms with van der Waals surface area (Å²) in [5.74, 6) is -2.89. The number of aliphatic carboxylic acids is 1. The molecule has 0 spiro atoms. The third-order valence-corrected chi connectivity index (χ3v) is 2.44. The van der Waals surface area contributed by atoms with E-state index in [4.69, 9.17) is 10.8 Å². The lowest BCUT2D eigenvalue weighted by Gasteiger charge is -2.27. The van der Waals surface area contributed by atoms with Crippen LogP contribution in [-0.4, -0.2) is 17.0 Å². The monoisotopic (exact) mass is 201 g/mol. The van der Waals surface area contributed by atoms with Crippen LogP contribution in [0, 0.1) is 23.7 Å². The van der Waals surface area contributed by atoms with Crippen LogP contribution >= 0.6 is 0 Å². The normalized spacial score (nSPS) is 15.6. The summed E-state index contributed by atoms with van der Waals surface area (Å²) in [6, 6.07) is 0. The molecular formula is C10H19NO3. The van der Waals surface area contributed by atoms with E-state index in [1.807, 2.05) is 13.8 Å². The zero-order chi connectivity index (χ0) is 11.5. The van der Waals surface area contributed by atoms with Crippen molar-refractivity contribution < 1.29 is 14.7 Å². The number of rotatable bonds is 5. The van der Waals surface area contributed by atoms with E-state index >= 15 is 0 Å². The second-order valence-electron chi connectivity index (χ2n) is 4.28. The summed E-state index contributed by atoms with van der Waals surface area (Å²) in [6.07, 6.45) is 0. The number of carboxylic acid groups (broad SMARTS) is 1. The summed E-state index contributed by atoms with van der Waals surface area (Å²) in [7, 11) is 0. The first-order chi connectivity index (χ1) is 6.29. The van der Waals surface area contributed by atoms with Crippen LogP contribution in [-0.2, 0) is 9.59 Å². The minimum Gasteiger partial charge on any atom is -0.481 e. The molecule has 0 rings (SSSR count). The van der Waals surface area contributed by atoms with Gasteiger partial charge in [-0.15, -0.1) is 0 Å². The molecule has 14 heavy (non-hydrogen) atoms. The zero-order valence-electron chi connectivity index (χ0n) is 9.15. The molecule has 0 aromatic heterocycles. The summed E-state index contributed by atoms with van der Waals surface area (Å²) in [6.45, 7) is 7.20. The molecule has 0 fully saturated rings. The third-order valence-electron chi connectivity index (χ3n) is 2.44. The molecule has 4 heteroatoms.